The summed E-state index contributed by atoms with van der Waals surface area (Å²) in [6.45, 7) is 7.89. The van der Waals surface area contributed by atoms with Crippen molar-refractivity contribution in [2.24, 2.45) is 0 Å². The Morgan fingerprint density at radius 2 is 1.90 bits per heavy atom. The van der Waals surface area contributed by atoms with E-state index >= 15 is 0 Å². The lowest BCUT2D eigenvalue weighted by atomic mass is 10.0. The quantitative estimate of drug-likeness (QED) is 0.915. The zero-order valence-electron chi connectivity index (χ0n) is 12.1. The number of aromatic nitrogens is 2. The third kappa shape index (κ3) is 2.94. The minimum absolute atomic E-state index is 0.154. The Hall–Kier alpha value is -1.20. The summed E-state index contributed by atoms with van der Waals surface area (Å²) in [5.74, 6) is 0.889. The van der Waals surface area contributed by atoms with E-state index in [1.807, 2.05) is 39.8 Å². The number of aliphatic hydroxyl groups excluding tert-OH is 1. The summed E-state index contributed by atoms with van der Waals surface area (Å²) < 4.78 is 6.38. The van der Waals surface area contributed by atoms with E-state index in [1.165, 1.54) is 0 Å². The van der Waals surface area contributed by atoms with Gasteiger partial charge in [-0.15, -0.1) is 0 Å². The van der Waals surface area contributed by atoms with E-state index in [4.69, 9.17) is 4.52 Å². The van der Waals surface area contributed by atoms with Crippen molar-refractivity contribution in [3.05, 3.63) is 33.6 Å². The molecule has 0 aliphatic heterocycles. The molecule has 20 heavy (non-hydrogen) atoms. The van der Waals surface area contributed by atoms with Gasteiger partial charge in [-0.25, -0.2) is 0 Å². The highest BCUT2D eigenvalue weighted by atomic mass is 79.9. The molecule has 0 aliphatic rings. The lowest BCUT2D eigenvalue weighted by Gasteiger charge is -2.11. The molecule has 2 unspecified atom stereocenters. The van der Waals surface area contributed by atoms with Crippen LogP contribution in [0.3, 0.4) is 0 Å². The fraction of sp³-hybridized carbons (Fsp3) is 0.467. The van der Waals surface area contributed by atoms with E-state index in [-0.39, 0.29) is 5.92 Å². The summed E-state index contributed by atoms with van der Waals surface area (Å²) in [4.78, 5) is 4.41. The molecule has 0 aliphatic carbocycles. The van der Waals surface area contributed by atoms with Crippen molar-refractivity contribution in [1.82, 2.24) is 10.1 Å². The molecule has 2 rings (SSSR count). The summed E-state index contributed by atoms with van der Waals surface area (Å²) in [6.07, 6.45) is 0.201. The number of aryl methyl sites for hydroxylation is 2. The lowest BCUT2D eigenvalue weighted by molar-refractivity contribution is 0.129. The molecule has 5 heteroatoms. The van der Waals surface area contributed by atoms with Crippen LogP contribution < -0.4 is 0 Å². The fourth-order valence-electron chi connectivity index (χ4n) is 2.13. The van der Waals surface area contributed by atoms with Crippen molar-refractivity contribution < 1.29 is 9.63 Å². The van der Waals surface area contributed by atoms with Gasteiger partial charge in [0.15, 0.2) is 0 Å². The van der Waals surface area contributed by atoms with Crippen LogP contribution in [-0.2, 0) is 0 Å². The first-order chi connectivity index (χ1) is 9.43. The molecule has 0 radical (unpaired) electrons. The topological polar surface area (TPSA) is 59.2 Å². The zero-order valence-corrected chi connectivity index (χ0v) is 13.7. The van der Waals surface area contributed by atoms with Crippen molar-refractivity contribution >= 4 is 15.9 Å². The SMILES string of the molecule is CCC(O)C(C)c1nc(-c2cc(C)c(Br)c(C)c2)no1. The highest BCUT2D eigenvalue weighted by Crippen LogP contribution is 2.28. The van der Waals surface area contributed by atoms with Gasteiger partial charge in [-0.2, -0.15) is 4.98 Å². The van der Waals surface area contributed by atoms with Gasteiger partial charge < -0.3 is 9.63 Å². The van der Waals surface area contributed by atoms with Crippen LogP contribution in [0.1, 0.15) is 43.2 Å². The molecule has 0 saturated heterocycles. The van der Waals surface area contributed by atoms with Crippen molar-refractivity contribution in [2.75, 3.05) is 0 Å². The van der Waals surface area contributed by atoms with Crippen LogP contribution in [0.2, 0.25) is 0 Å². The molecule has 4 nitrogen and oxygen atoms in total. The van der Waals surface area contributed by atoms with Crippen LogP contribution >= 0.6 is 15.9 Å². The maximum absolute atomic E-state index is 9.85. The van der Waals surface area contributed by atoms with E-state index in [0.717, 1.165) is 21.2 Å². The number of nitrogens with zero attached hydrogens (tertiary/aromatic N) is 2. The van der Waals surface area contributed by atoms with Gasteiger partial charge in [0.2, 0.25) is 11.7 Å². The molecule has 1 aromatic heterocycles. The molecule has 1 heterocycles. The minimum atomic E-state index is -0.461. The molecule has 0 amide bonds. The summed E-state index contributed by atoms with van der Waals surface area (Å²) >= 11 is 3.55. The Labute approximate surface area is 127 Å². The smallest absolute Gasteiger partial charge is 0.232 e. The van der Waals surface area contributed by atoms with E-state index in [1.54, 1.807) is 0 Å². The van der Waals surface area contributed by atoms with Crippen LogP contribution in [-0.4, -0.2) is 21.4 Å². The molecule has 2 aromatic rings. The van der Waals surface area contributed by atoms with Crippen LogP contribution in [0.15, 0.2) is 21.1 Å². The predicted molar refractivity (Wildman–Crippen MR) is 81.6 cm³/mol. The second kappa shape index (κ2) is 6.06. The molecule has 108 valence electrons. The number of aliphatic hydroxyl groups is 1. The van der Waals surface area contributed by atoms with Gasteiger partial charge in [-0.3, -0.25) is 0 Å². The average molecular weight is 339 g/mol. The van der Waals surface area contributed by atoms with Crippen LogP contribution in [0.5, 0.6) is 0 Å². The van der Waals surface area contributed by atoms with Gasteiger partial charge in [-0.05, 0) is 43.5 Å². The first kappa shape index (κ1) is 15.2. The highest BCUT2D eigenvalue weighted by molar-refractivity contribution is 9.10. The normalized spacial score (nSPS) is 14.3. The number of hydrogen-bond acceptors (Lipinski definition) is 4. The first-order valence-corrected chi connectivity index (χ1v) is 7.52. The van der Waals surface area contributed by atoms with Gasteiger partial charge in [0, 0.05) is 10.0 Å². The largest absolute Gasteiger partial charge is 0.392 e. The van der Waals surface area contributed by atoms with Crippen molar-refractivity contribution in [3.8, 4) is 11.4 Å². The molecule has 1 N–H and O–H groups in total. The minimum Gasteiger partial charge on any atom is -0.392 e. The van der Waals surface area contributed by atoms with Gasteiger partial charge in [0.25, 0.3) is 0 Å². The standard InChI is InChI=1S/C15H19BrN2O2/c1-5-12(19)10(4)15-17-14(18-20-15)11-6-8(2)13(16)9(3)7-11/h6-7,10,12,19H,5H2,1-4H3. The van der Waals surface area contributed by atoms with Gasteiger partial charge in [0.1, 0.15) is 0 Å². The maximum Gasteiger partial charge on any atom is 0.232 e. The monoisotopic (exact) mass is 338 g/mol. The number of benzene rings is 1. The zero-order chi connectivity index (χ0) is 14.9. The molecule has 0 fully saturated rings. The molecular formula is C15H19BrN2O2. The van der Waals surface area contributed by atoms with E-state index in [2.05, 4.69) is 26.1 Å². The van der Waals surface area contributed by atoms with Crippen LogP contribution in [0.25, 0.3) is 11.4 Å². The van der Waals surface area contributed by atoms with Crippen molar-refractivity contribution in [3.63, 3.8) is 0 Å². The van der Waals surface area contributed by atoms with Crippen LogP contribution in [0, 0.1) is 13.8 Å². The van der Waals surface area contributed by atoms with Crippen molar-refractivity contribution in [1.29, 1.82) is 0 Å². The Bertz CT molecular complexity index is 587. The Balaban J connectivity index is 2.34. The third-order valence-corrected chi connectivity index (χ3v) is 4.77. The molecule has 0 bridgehead atoms. The Morgan fingerprint density at radius 1 is 1.30 bits per heavy atom. The molecular weight excluding hydrogens is 320 g/mol. The molecule has 2 atom stereocenters. The lowest BCUT2D eigenvalue weighted by Crippen LogP contribution is -2.14. The summed E-state index contributed by atoms with van der Waals surface area (Å²) in [5, 5.41) is 13.9. The number of hydrogen-bond donors (Lipinski definition) is 1. The predicted octanol–water partition coefficient (Wildman–Crippen LogP) is 3.99. The van der Waals surface area contributed by atoms with Crippen LogP contribution in [0.4, 0.5) is 0 Å². The number of halogens is 1. The van der Waals surface area contributed by atoms with E-state index < -0.39 is 6.10 Å². The Morgan fingerprint density at radius 3 is 2.45 bits per heavy atom. The fourth-order valence-corrected chi connectivity index (χ4v) is 2.36. The molecule has 0 spiro atoms. The molecule has 0 saturated carbocycles. The Kier molecular flexibility index (Phi) is 4.60. The van der Waals surface area contributed by atoms with Gasteiger partial charge >= 0.3 is 0 Å². The second-order valence-corrected chi connectivity index (χ2v) is 5.94. The van der Waals surface area contributed by atoms with Gasteiger partial charge in [0.05, 0.1) is 12.0 Å². The second-order valence-electron chi connectivity index (χ2n) is 5.14. The average Bonchev–Trinajstić information content (AvgIpc) is 2.92. The summed E-state index contributed by atoms with van der Waals surface area (Å²) in [5.41, 5.74) is 3.19. The van der Waals surface area contributed by atoms with E-state index in [9.17, 15) is 5.11 Å². The first-order valence-electron chi connectivity index (χ1n) is 6.72. The highest BCUT2D eigenvalue weighted by Gasteiger charge is 2.21. The van der Waals surface area contributed by atoms with Crippen molar-refractivity contribution in [2.45, 2.75) is 46.1 Å². The van der Waals surface area contributed by atoms with Gasteiger partial charge in [-0.1, -0.05) is 34.9 Å². The summed E-state index contributed by atoms with van der Waals surface area (Å²) in [7, 11) is 0. The third-order valence-electron chi connectivity index (χ3n) is 3.52. The molecule has 1 aromatic carbocycles. The van der Waals surface area contributed by atoms with E-state index in [0.29, 0.717) is 18.1 Å². The summed E-state index contributed by atoms with van der Waals surface area (Å²) in [6, 6.07) is 4.04. The number of rotatable bonds is 4. The maximum atomic E-state index is 9.85.